The number of anilines is 1. The van der Waals surface area contributed by atoms with Crippen molar-refractivity contribution in [2.75, 3.05) is 11.9 Å². The van der Waals surface area contributed by atoms with Crippen molar-refractivity contribution in [3.8, 4) is 11.8 Å². The van der Waals surface area contributed by atoms with Crippen LogP contribution in [0.2, 0.25) is 0 Å². The van der Waals surface area contributed by atoms with E-state index in [0.717, 1.165) is 0 Å². The lowest BCUT2D eigenvalue weighted by atomic mass is 10.2. The van der Waals surface area contributed by atoms with Gasteiger partial charge in [-0.2, -0.15) is 0 Å². The maximum absolute atomic E-state index is 13.5. The Morgan fingerprint density at radius 2 is 2.25 bits per heavy atom. The summed E-state index contributed by atoms with van der Waals surface area (Å²) in [5.74, 6) is 5.04. The quantitative estimate of drug-likeness (QED) is 0.824. The molecule has 20 heavy (non-hydrogen) atoms. The molecule has 0 saturated heterocycles. The summed E-state index contributed by atoms with van der Waals surface area (Å²) in [6, 6.07) is 5.79. The molecule has 0 bridgehead atoms. The Labute approximate surface area is 115 Å². The largest absolute Gasteiger partial charge is 0.469 e. The van der Waals surface area contributed by atoms with E-state index in [-0.39, 0.29) is 18.0 Å². The summed E-state index contributed by atoms with van der Waals surface area (Å²) in [4.78, 5) is 11.9. The first-order valence-corrected chi connectivity index (χ1v) is 5.95. The van der Waals surface area contributed by atoms with Crippen molar-refractivity contribution in [2.45, 2.75) is 6.92 Å². The Kier molecular flexibility index (Phi) is 4.18. The average Bonchev–Trinajstić information content (AvgIpc) is 2.86. The summed E-state index contributed by atoms with van der Waals surface area (Å²) >= 11 is 0. The van der Waals surface area contributed by atoms with Crippen molar-refractivity contribution in [3.05, 3.63) is 53.2 Å². The van der Waals surface area contributed by atoms with Crippen LogP contribution in [0.15, 0.2) is 34.9 Å². The van der Waals surface area contributed by atoms with E-state index in [4.69, 9.17) is 10.2 Å². The Morgan fingerprint density at radius 1 is 1.45 bits per heavy atom. The van der Waals surface area contributed by atoms with Gasteiger partial charge in [-0.05, 0) is 31.2 Å². The molecule has 0 spiro atoms. The third kappa shape index (κ3) is 3.25. The van der Waals surface area contributed by atoms with Gasteiger partial charge in [-0.3, -0.25) is 4.79 Å². The molecule has 0 aliphatic carbocycles. The first-order chi connectivity index (χ1) is 9.60. The fraction of sp³-hybridized carbons (Fsp3) is 0.133. The Balaban J connectivity index is 2.19. The molecule has 0 aliphatic heterocycles. The molecule has 0 fully saturated rings. The van der Waals surface area contributed by atoms with Gasteiger partial charge in [0.1, 0.15) is 17.8 Å². The molecule has 4 nitrogen and oxygen atoms in total. The maximum Gasteiger partial charge on any atom is 0.258 e. The standard InChI is InChI=1S/C15H13FN2O2/c1-10-7-12(9-20-10)15(19)18-13-4-5-14(16)11(8-13)3-2-6-17/h4-5,7-9H,6,17H2,1H3,(H,18,19). The monoisotopic (exact) mass is 272 g/mol. The summed E-state index contributed by atoms with van der Waals surface area (Å²) in [5.41, 5.74) is 6.30. The number of benzene rings is 1. The number of aryl methyl sites for hydroxylation is 1. The first kappa shape index (κ1) is 13.8. The SMILES string of the molecule is Cc1cc(C(=O)Nc2ccc(F)c(C#CCN)c2)co1. The Morgan fingerprint density at radius 3 is 2.90 bits per heavy atom. The molecular weight excluding hydrogens is 259 g/mol. The van der Waals surface area contributed by atoms with Crippen LogP contribution in [0.25, 0.3) is 0 Å². The molecule has 2 rings (SSSR count). The van der Waals surface area contributed by atoms with Crippen LogP contribution in [0.5, 0.6) is 0 Å². The molecule has 1 aromatic carbocycles. The van der Waals surface area contributed by atoms with Crippen molar-refractivity contribution in [3.63, 3.8) is 0 Å². The molecule has 102 valence electrons. The molecule has 3 N–H and O–H groups in total. The third-order valence-electron chi connectivity index (χ3n) is 2.54. The summed E-state index contributed by atoms with van der Waals surface area (Å²) < 4.78 is 18.5. The lowest BCUT2D eigenvalue weighted by Gasteiger charge is -2.04. The minimum absolute atomic E-state index is 0.143. The number of nitrogens with two attached hydrogens (primary N) is 1. The minimum atomic E-state index is -0.455. The van der Waals surface area contributed by atoms with Gasteiger partial charge in [0.2, 0.25) is 0 Å². The van der Waals surface area contributed by atoms with Crippen molar-refractivity contribution < 1.29 is 13.6 Å². The fourth-order valence-electron chi connectivity index (χ4n) is 1.61. The van der Waals surface area contributed by atoms with E-state index < -0.39 is 5.82 Å². The highest BCUT2D eigenvalue weighted by molar-refractivity contribution is 6.04. The molecule has 1 amide bonds. The zero-order valence-electron chi connectivity index (χ0n) is 10.9. The van der Waals surface area contributed by atoms with Gasteiger partial charge in [-0.15, -0.1) is 0 Å². The second-order valence-electron chi connectivity index (χ2n) is 4.10. The number of rotatable bonds is 2. The van der Waals surface area contributed by atoms with E-state index in [9.17, 15) is 9.18 Å². The number of nitrogens with one attached hydrogen (secondary N) is 1. The number of hydrogen-bond donors (Lipinski definition) is 2. The first-order valence-electron chi connectivity index (χ1n) is 5.95. The maximum atomic E-state index is 13.5. The van der Waals surface area contributed by atoms with E-state index in [1.165, 1.54) is 24.5 Å². The van der Waals surface area contributed by atoms with Crippen molar-refractivity contribution in [1.82, 2.24) is 0 Å². The van der Waals surface area contributed by atoms with E-state index in [1.54, 1.807) is 13.0 Å². The van der Waals surface area contributed by atoms with Gasteiger partial charge in [0.05, 0.1) is 17.7 Å². The Hall–Kier alpha value is -2.58. The molecule has 2 aromatic rings. The van der Waals surface area contributed by atoms with Crippen LogP contribution in [-0.4, -0.2) is 12.5 Å². The summed E-state index contributed by atoms with van der Waals surface area (Å²) in [7, 11) is 0. The number of carbonyl (C=O) groups is 1. The summed E-state index contributed by atoms with van der Waals surface area (Å²) in [6.07, 6.45) is 1.36. The van der Waals surface area contributed by atoms with Crippen molar-refractivity contribution in [1.29, 1.82) is 0 Å². The van der Waals surface area contributed by atoms with Crippen LogP contribution >= 0.6 is 0 Å². The highest BCUT2D eigenvalue weighted by Gasteiger charge is 2.10. The fourth-order valence-corrected chi connectivity index (χ4v) is 1.61. The highest BCUT2D eigenvalue weighted by Crippen LogP contribution is 2.16. The zero-order chi connectivity index (χ0) is 14.5. The van der Waals surface area contributed by atoms with Gasteiger partial charge in [0.15, 0.2) is 0 Å². The van der Waals surface area contributed by atoms with E-state index in [2.05, 4.69) is 17.2 Å². The van der Waals surface area contributed by atoms with E-state index >= 15 is 0 Å². The van der Waals surface area contributed by atoms with Crippen LogP contribution in [0.3, 0.4) is 0 Å². The second-order valence-corrected chi connectivity index (χ2v) is 4.10. The van der Waals surface area contributed by atoms with Crippen molar-refractivity contribution in [2.24, 2.45) is 5.73 Å². The normalized spacial score (nSPS) is 9.75. The van der Waals surface area contributed by atoms with Crippen LogP contribution in [-0.2, 0) is 0 Å². The van der Waals surface area contributed by atoms with Gasteiger partial charge in [-0.25, -0.2) is 4.39 Å². The molecule has 0 aliphatic rings. The lowest BCUT2D eigenvalue weighted by molar-refractivity contribution is 0.102. The minimum Gasteiger partial charge on any atom is -0.469 e. The second kappa shape index (κ2) is 6.04. The molecule has 1 heterocycles. The molecule has 0 radical (unpaired) electrons. The lowest BCUT2D eigenvalue weighted by Crippen LogP contribution is -2.11. The topological polar surface area (TPSA) is 68.3 Å². The van der Waals surface area contributed by atoms with Crippen LogP contribution in [0.4, 0.5) is 10.1 Å². The van der Waals surface area contributed by atoms with E-state index in [1.807, 2.05) is 0 Å². The van der Waals surface area contributed by atoms with E-state index in [0.29, 0.717) is 17.0 Å². The molecule has 0 atom stereocenters. The van der Waals surface area contributed by atoms with Gasteiger partial charge >= 0.3 is 0 Å². The predicted octanol–water partition coefficient (Wildman–Crippen LogP) is 2.29. The van der Waals surface area contributed by atoms with Crippen LogP contribution in [0.1, 0.15) is 21.7 Å². The number of hydrogen-bond acceptors (Lipinski definition) is 3. The average molecular weight is 272 g/mol. The van der Waals surface area contributed by atoms with Gasteiger partial charge in [-0.1, -0.05) is 11.8 Å². The van der Waals surface area contributed by atoms with Gasteiger partial charge < -0.3 is 15.5 Å². The number of amides is 1. The molecule has 0 unspecified atom stereocenters. The highest BCUT2D eigenvalue weighted by atomic mass is 19.1. The van der Waals surface area contributed by atoms with Gasteiger partial charge in [0.25, 0.3) is 5.91 Å². The van der Waals surface area contributed by atoms with Crippen LogP contribution < -0.4 is 11.1 Å². The molecule has 1 aromatic heterocycles. The summed E-state index contributed by atoms with van der Waals surface area (Å²) in [5, 5.41) is 2.65. The number of halogens is 1. The smallest absolute Gasteiger partial charge is 0.258 e. The number of carbonyl (C=O) groups excluding carboxylic acids is 1. The molecule has 0 saturated carbocycles. The molecular formula is C15H13FN2O2. The molecule has 5 heteroatoms. The van der Waals surface area contributed by atoms with Crippen LogP contribution in [0, 0.1) is 24.6 Å². The Bertz CT molecular complexity index is 695. The predicted molar refractivity (Wildman–Crippen MR) is 73.7 cm³/mol. The zero-order valence-corrected chi connectivity index (χ0v) is 10.9. The van der Waals surface area contributed by atoms with Crippen molar-refractivity contribution >= 4 is 11.6 Å². The summed E-state index contributed by atoms with van der Waals surface area (Å²) in [6.45, 7) is 1.89. The van der Waals surface area contributed by atoms with Gasteiger partial charge in [0, 0.05) is 5.69 Å². The number of furan rings is 1. The third-order valence-corrected chi connectivity index (χ3v) is 2.54.